The molecule has 0 bridgehead atoms. The third-order valence-electron chi connectivity index (χ3n) is 5.00. The van der Waals surface area contributed by atoms with Gasteiger partial charge in [-0.25, -0.2) is 0 Å². The van der Waals surface area contributed by atoms with Gasteiger partial charge < -0.3 is 10.2 Å². The van der Waals surface area contributed by atoms with Gasteiger partial charge in [-0.3, -0.25) is 9.59 Å². The molecule has 1 fully saturated rings. The molecule has 1 atom stereocenters. The van der Waals surface area contributed by atoms with Crippen LogP contribution >= 0.6 is 22.9 Å². The molecule has 1 unspecified atom stereocenters. The van der Waals surface area contributed by atoms with Gasteiger partial charge in [0.25, 0.3) is 0 Å². The van der Waals surface area contributed by atoms with Crippen LogP contribution in [-0.4, -0.2) is 28.6 Å². The van der Waals surface area contributed by atoms with E-state index >= 15 is 0 Å². The minimum Gasteiger partial charge on any atom is -0.351 e. The standard InChI is InChI=1S/C21H25ClN2O2S/c1-15-8-10-16(11-9-15)20(21(26)23-17-5-2-3-6-17)24(19(25)13-22)14-18-7-4-12-27-18/h4,7-12,17,20H,2-3,5-6,13-14H2,1H3,(H,23,26). The van der Waals surface area contributed by atoms with Crippen molar-refractivity contribution < 1.29 is 9.59 Å². The van der Waals surface area contributed by atoms with Gasteiger partial charge in [0.2, 0.25) is 11.8 Å². The zero-order chi connectivity index (χ0) is 19.2. The Balaban J connectivity index is 1.92. The maximum atomic E-state index is 13.2. The first kappa shape index (κ1) is 19.9. The molecule has 1 aromatic carbocycles. The predicted molar refractivity (Wildman–Crippen MR) is 110 cm³/mol. The van der Waals surface area contributed by atoms with Crippen molar-refractivity contribution in [1.29, 1.82) is 0 Å². The van der Waals surface area contributed by atoms with Gasteiger partial charge >= 0.3 is 0 Å². The normalized spacial score (nSPS) is 15.5. The quantitative estimate of drug-likeness (QED) is 0.694. The monoisotopic (exact) mass is 404 g/mol. The molecule has 1 heterocycles. The summed E-state index contributed by atoms with van der Waals surface area (Å²) in [5.74, 6) is -0.511. The molecular formula is C21H25ClN2O2S. The van der Waals surface area contributed by atoms with Crippen LogP contribution in [0, 0.1) is 6.92 Å². The van der Waals surface area contributed by atoms with Gasteiger partial charge in [-0.05, 0) is 36.8 Å². The molecule has 3 rings (SSSR count). The van der Waals surface area contributed by atoms with E-state index in [2.05, 4.69) is 5.32 Å². The maximum Gasteiger partial charge on any atom is 0.247 e. The molecule has 0 radical (unpaired) electrons. The van der Waals surface area contributed by atoms with Crippen molar-refractivity contribution in [1.82, 2.24) is 10.2 Å². The molecular weight excluding hydrogens is 380 g/mol. The van der Waals surface area contributed by atoms with Crippen molar-refractivity contribution in [3.05, 3.63) is 57.8 Å². The summed E-state index contributed by atoms with van der Waals surface area (Å²) in [6.45, 7) is 2.38. The number of hydrogen-bond acceptors (Lipinski definition) is 3. The van der Waals surface area contributed by atoms with E-state index in [1.807, 2.05) is 48.7 Å². The summed E-state index contributed by atoms with van der Waals surface area (Å²) in [7, 11) is 0. The number of carbonyl (C=O) groups excluding carboxylic acids is 2. The lowest BCUT2D eigenvalue weighted by Crippen LogP contribution is -2.46. The lowest BCUT2D eigenvalue weighted by molar-refractivity contribution is -0.140. The fourth-order valence-corrected chi connectivity index (χ4v) is 4.40. The Hall–Kier alpha value is -1.85. The Morgan fingerprint density at radius 2 is 1.93 bits per heavy atom. The van der Waals surface area contributed by atoms with Crippen LogP contribution in [0.25, 0.3) is 0 Å². The molecule has 0 aliphatic heterocycles. The highest BCUT2D eigenvalue weighted by Gasteiger charge is 2.33. The Morgan fingerprint density at radius 3 is 2.52 bits per heavy atom. The first-order valence-corrected chi connectivity index (χ1v) is 10.7. The van der Waals surface area contributed by atoms with E-state index in [1.165, 1.54) is 0 Å². The molecule has 1 aliphatic carbocycles. The van der Waals surface area contributed by atoms with Crippen LogP contribution in [0.2, 0.25) is 0 Å². The highest BCUT2D eigenvalue weighted by Crippen LogP contribution is 2.27. The number of nitrogens with zero attached hydrogens (tertiary/aromatic N) is 1. The number of nitrogens with one attached hydrogen (secondary N) is 1. The average molecular weight is 405 g/mol. The van der Waals surface area contributed by atoms with Gasteiger partial charge in [-0.1, -0.05) is 48.7 Å². The molecule has 1 aromatic heterocycles. The van der Waals surface area contributed by atoms with Gasteiger partial charge in [-0.15, -0.1) is 22.9 Å². The van der Waals surface area contributed by atoms with E-state index in [4.69, 9.17) is 11.6 Å². The van der Waals surface area contributed by atoms with E-state index in [0.717, 1.165) is 41.7 Å². The third kappa shape index (κ3) is 5.11. The van der Waals surface area contributed by atoms with Crippen molar-refractivity contribution in [2.75, 3.05) is 5.88 Å². The van der Waals surface area contributed by atoms with Crippen LogP contribution in [-0.2, 0) is 16.1 Å². The molecule has 1 aliphatic rings. The summed E-state index contributed by atoms with van der Waals surface area (Å²) in [6, 6.07) is 11.2. The van der Waals surface area contributed by atoms with Crippen LogP contribution in [0.4, 0.5) is 0 Å². The first-order chi connectivity index (χ1) is 13.1. The average Bonchev–Trinajstić information content (AvgIpc) is 3.36. The number of benzene rings is 1. The van der Waals surface area contributed by atoms with Crippen molar-refractivity contribution in [2.45, 2.75) is 51.2 Å². The van der Waals surface area contributed by atoms with Crippen LogP contribution in [0.3, 0.4) is 0 Å². The van der Waals surface area contributed by atoms with E-state index in [1.54, 1.807) is 16.2 Å². The topological polar surface area (TPSA) is 49.4 Å². The van der Waals surface area contributed by atoms with Crippen LogP contribution in [0.15, 0.2) is 41.8 Å². The Kier molecular flexibility index (Phi) is 6.91. The largest absolute Gasteiger partial charge is 0.351 e. The second kappa shape index (κ2) is 9.38. The Bertz CT molecular complexity index is 755. The smallest absolute Gasteiger partial charge is 0.247 e. The van der Waals surface area contributed by atoms with Crippen LogP contribution in [0.5, 0.6) is 0 Å². The molecule has 0 spiro atoms. The zero-order valence-electron chi connectivity index (χ0n) is 15.5. The second-order valence-electron chi connectivity index (χ2n) is 7.04. The highest BCUT2D eigenvalue weighted by atomic mass is 35.5. The third-order valence-corrected chi connectivity index (χ3v) is 6.09. The number of alkyl halides is 1. The molecule has 2 amide bonds. The van der Waals surface area contributed by atoms with Crippen molar-refractivity contribution in [2.24, 2.45) is 0 Å². The van der Waals surface area contributed by atoms with Crippen LogP contribution < -0.4 is 5.32 Å². The molecule has 0 saturated heterocycles. The number of aryl methyl sites for hydroxylation is 1. The van der Waals surface area contributed by atoms with Crippen LogP contribution in [0.1, 0.15) is 47.7 Å². The maximum absolute atomic E-state index is 13.2. The zero-order valence-corrected chi connectivity index (χ0v) is 17.1. The molecule has 4 nitrogen and oxygen atoms in total. The summed E-state index contributed by atoms with van der Waals surface area (Å²) >= 11 is 7.47. The Labute approximate surface area is 169 Å². The predicted octanol–water partition coefficient (Wildman–Crippen LogP) is 4.42. The van der Waals surface area contributed by atoms with E-state index < -0.39 is 6.04 Å². The van der Waals surface area contributed by atoms with Gasteiger partial charge in [0.05, 0.1) is 6.54 Å². The van der Waals surface area contributed by atoms with E-state index in [9.17, 15) is 9.59 Å². The summed E-state index contributed by atoms with van der Waals surface area (Å²) < 4.78 is 0. The minimum absolute atomic E-state index is 0.124. The van der Waals surface area contributed by atoms with E-state index in [0.29, 0.717) is 6.54 Å². The lowest BCUT2D eigenvalue weighted by Gasteiger charge is -2.31. The fraction of sp³-hybridized carbons (Fsp3) is 0.429. The van der Waals surface area contributed by atoms with E-state index in [-0.39, 0.29) is 23.7 Å². The molecule has 2 aromatic rings. The highest BCUT2D eigenvalue weighted by molar-refractivity contribution is 7.09. The number of halogens is 1. The summed E-state index contributed by atoms with van der Waals surface area (Å²) in [4.78, 5) is 28.5. The summed E-state index contributed by atoms with van der Waals surface area (Å²) in [6.07, 6.45) is 4.28. The van der Waals surface area contributed by atoms with Crippen molar-refractivity contribution in [3.63, 3.8) is 0 Å². The summed E-state index contributed by atoms with van der Waals surface area (Å²) in [5, 5.41) is 5.13. The number of hydrogen-bond donors (Lipinski definition) is 1. The second-order valence-corrected chi connectivity index (χ2v) is 8.34. The van der Waals surface area contributed by atoms with Crippen molar-refractivity contribution in [3.8, 4) is 0 Å². The first-order valence-electron chi connectivity index (χ1n) is 9.33. The fourth-order valence-electron chi connectivity index (χ4n) is 3.54. The van der Waals surface area contributed by atoms with Gasteiger partial charge in [-0.2, -0.15) is 0 Å². The van der Waals surface area contributed by atoms with Crippen molar-refractivity contribution >= 4 is 34.8 Å². The molecule has 144 valence electrons. The van der Waals surface area contributed by atoms with Gasteiger partial charge in [0.1, 0.15) is 11.9 Å². The number of amides is 2. The lowest BCUT2D eigenvalue weighted by atomic mass is 10.0. The molecule has 6 heteroatoms. The summed E-state index contributed by atoms with van der Waals surface area (Å²) in [5.41, 5.74) is 1.92. The number of carbonyl (C=O) groups is 2. The van der Waals surface area contributed by atoms with Gasteiger partial charge in [0, 0.05) is 10.9 Å². The molecule has 27 heavy (non-hydrogen) atoms. The number of thiophene rings is 1. The van der Waals surface area contributed by atoms with Gasteiger partial charge in [0.15, 0.2) is 0 Å². The Morgan fingerprint density at radius 1 is 1.22 bits per heavy atom. The molecule has 1 saturated carbocycles. The SMILES string of the molecule is Cc1ccc(C(C(=O)NC2CCCC2)N(Cc2cccs2)C(=O)CCl)cc1. The minimum atomic E-state index is -0.681. The molecule has 1 N–H and O–H groups in total. The number of rotatable bonds is 7.